The lowest BCUT2D eigenvalue weighted by Crippen LogP contribution is -2.48. The number of piperidine rings is 1. The Balaban J connectivity index is 2.23. The first-order chi connectivity index (χ1) is 8.39. The Hall–Kier alpha value is -1.55. The Labute approximate surface area is 107 Å². The van der Waals surface area contributed by atoms with Crippen molar-refractivity contribution in [1.29, 1.82) is 0 Å². The van der Waals surface area contributed by atoms with Crippen LogP contribution in [0.1, 0.15) is 35.7 Å². The van der Waals surface area contributed by atoms with E-state index in [0.29, 0.717) is 24.3 Å². The number of aryl methyl sites for hydroxylation is 1. The Morgan fingerprint density at radius 2 is 2.22 bits per heavy atom. The molecule has 1 aromatic carbocycles. The minimum absolute atomic E-state index is 0.0419. The lowest BCUT2D eigenvalue weighted by molar-refractivity contribution is -0.0107. The Kier molecular flexibility index (Phi) is 3.30. The van der Waals surface area contributed by atoms with Gasteiger partial charge in [-0.05, 0) is 44.4 Å². The average Bonchev–Trinajstić information content (AvgIpc) is 2.30. The molecule has 1 saturated heterocycles. The summed E-state index contributed by atoms with van der Waals surface area (Å²) in [6, 6.07) is 5.35. The van der Waals surface area contributed by atoms with Crippen LogP contribution in [0.15, 0.2) is 18.2 Å². The van der Waals surface area contributed by atoms with Crippen LogP contribution >= 0.6 is 0 Å². The van der Waals surface area contributed by atoms with Gasteiger partial charge in [-0.3, -0.25) is 4.79 Å². The van der Waals surface area contributed by atoms with E-state index in [2.05, 4.69) is 0 Å². The van der Waals surface area contributed by atoms with Crippen LogP contribution in [0.4, 0.5) is 5.69 Å². The maximum atomic E-state index is 12.4. The van der Waals surface area contributed by atoms with Crippen molar-refractivity contribution in [3.8, 4) is 0 Å². The van der Waals surface area contributed by atoms with Gasteiger partial charge in [0.2, 0.25) is 0 Å². The second-order valence-electron chi connectivity index (χ2n) is 5.40. The van der Waals surface area contributed by atoms with Gasteiger partial charge in [0.25, 0.3) is 5.91 Å². The third-order valence-electron chi connectivity index (χ3n) is 3.45. The van der Waals surface area contributed by atoms with Crippen LogP contribution in [-0.4, -0.2) is 34.6 Å². The van der Waals surface area contributed by atoms with E-state index in [1.54, 1.807) is 24.0 Å². The van der Waals surface area contributed by atoms with Crippen LogP contribution in [-0.2, 0) is 0 Å². The summed E-state index contributed by atoms with van der Waals surface area (Å²) in [5, 5.41) is 10.0. The largest absolute Gasteiger partial charge is 0.399 e. The van der Waals surface area contributed by atoms with E-state index in [1.807, 2.05) is 13.0 Å². The summed E-state index contributed by atoms with van der Waals surface area (Å²) in [6.07, 6.45) is 1.58. The van der Waals surface area contributed by atoms with Crippen molar-refractivity contribution in [2.45, 2.75) is 32.3 Å². The monoisotopic (exact) mass is 248 g/mol. The van der Waals surface area contributed by atoms with E-state index < -0.39 is 5.60 Å². The average molecular weight is 248 g/mol. The summed E-state index contributed by atoms with van der Waals surface area (Å²) >= 11 is 0. The molecule has 0 bridgehead atoms. The minimum Gasteiger partial charge on any atom is -0.399 e. The zero-order chi connectivity index (χ0) is 13.3. The second kappa shape index (κ2) is 4.61. The molecule has 0 saturated carbocycles. The van der Waals surface area contributed by atoms with E-state index >= 15 is 0 Å². The van der Waals surface area contributed by atoms with Gasteiger partial charge in [-0.25, -0.2) is 0 Å². The number of carbonyl (C=O) groups is 1. The van der Waals surface area contributed by atoms with Gasteiger partial charge in [0.1, 0.15) is 0 Å². The lowest BCUT2D eigenvalue weighted by Gasteiger charge is -2.37. The number of hydrogen-bond donors (Lipinski definition) is 2. The van der Waals surface area contributed by atoms with E-state index in [0.717, 1.165) is 18.4 Å². The number of benzene rings is 1. The van der Waals surface area contributed by atoms with E-state index in [-0.39, 0.29) is 5.91 Å². The van der Waals surface area contributed by atoms with Gasteiger partial charge in [-0.15, -0.1) is 0 Å². The molecule has 3 N–H and O–H groups in total. The number of nitrogens with zero attached hydrogens (tertiary/aromatic N) is 1. The predicted octanol–water partition coefficient (Wildman–Crippen LogP) is 1.56. The first kappa shape index (κ1) is 12.9. The first-order valence-corrected chi connectivity index (χ1v) is 6.27. The normalized spacial score (nSPS) is 24.1. The van der Waals surface area contributed by atoms with Crippen LogP contribution in [0.2, 0.25) is 0 Å². The van der Waals surface area contributed by atoms with Crippen molar-refractivity contribution in [3.63, 3.8) is 0 Å². The lowest BCUT2D eigenvalue weighted by atomic mass is 9.94. The molecule has 0 spiro atoms. The van der Waals surface area contributed by atoms with Crippen molar-refractivity contribution < 1.29 is 9.90 Å². The number of β-amino-alcohol motifs (C(OH)–C–C–N with tert-alkyl or cyclic N) is 1. The number of rotatable bonds is 1. The molecular formula is C14H20N2O2. The topological polar surface area (TPSA) is 66.6 Å². The number of anilines is 1. The second-order valence-corrected chi connectivity index (χ2v) is 5.40. The van der Waals surface area contributed by atoms with Crippen LogP contribution in [0, 0.1) is 6.92 Å². The number of nitrogens with two attached hydrogens (primary N) is 1. The Morgan fingerprint density at radius 1 is 1.50 bits per heavy atom. The zero-order valence-electron chi connectivity index (χ0n) is 10.9. The smallest absolute Gasteiger partial charge is 0.254 e. The van der Waals surface area contributed by atoms with Crippen molar-refractivity contribution in [1.82, 2.24) is 4.90 Å². The number of aliphatic hydroxyl groups is 1. The molecule has 1 aliphatic rings. The number of likely N-dealkylation sites (tertiary alicyclic amines) is 1. The summed E-state index contributed by atoms with van der Waals surface area (Å²) in [5.41, 5.74) is 7.09. The zero-order valence-corrected chi connectivity index (χ0v) is 10.9. The Bertz CT molecular complexity index is 469. The van der Waals surface area contributed by atoms with Crippen molar-refractivity contribution in [2.24, 2.45) is 0 Å². The molecule has 1 aliphatic heterocycles. The highest BCUT2D eigenvalue weighted by atomic mass is 16.3. The van der Waals surface area contributed by atoms with Gasteiger partial charge in [0.05, 0.1) is 5.60 Å². The molecule has 0 aromatic heterocycles. The molecule has 1 unspecified atom stereocenters. The predicted molar refractivity (Wildman–Crippen MR) is 71.4 cm³/mol. The van der Waals surface area contributed by atoms with Gasteiger partial charge in [-0.1, -0.05) is 6.07 Å². The number of amides is 1. The molecule has 0 radical (unpaired) electrons. The summed E-state index contributed by atoms with van der Waals surface area (Å²) in [7, 11) is 0. The van der Waals surface area contributed by atoms with Gasteiger partial charge in [0.15, 0.2) is 0 Å². The molecule has 18 heavy (non-hydrogen) atoms. The third kappa shape index (κ3) is 2.64. The fraction of sp³-hybridized carbons (Fsp3) is 0.500. The van der Waals surface area contributed by atoms with Crippen molar-refractivity contribution in [3.05, 3.63) is 29.3 Å². The maximum Gasteiger partial charge on any atom is 0.254 e. The molecule has 4 heteroatoms. The van der Waals surface area contributed by atoms with Crippen molar-refractivity contribution in [2.75, 3.05) is 18.8 Å². The number of carbonyl (C=O) groups excluding carboxylic acids is 1. The molecule has 1 aromatic rings. The molecular weight excluding hydrogens is 228 g/mol. The molecule has 98 valence electrons. The van der Waals surface area contributed by atoms with E-state index in [4.69, 9.17) is 5.73 Å². The SMILES string of the molecule is Cc1ccc(N)cc1C(=O)N1CCCC(C)(O)C1. The highest BCUT2D eigenvalue weighted by molar-refractivity contribution is 5.96. The molecule has 1 heterocycles. The summed E-state index contributed by atoms with van der Waals surface area (Å²) in [6.45, 7) is 4.76. The fourth-order valence-corrected chi connectivity index (χ4v) is 2.43. The minimum atomic E-state index is -0.776. The van der Waals surface area contributed by atoms with Crippen LogP contribution in [0.25, 0.3) is 0 Å². The first-order valence-electron chi connectivity index (χ1n) is 6.27. The van der Waals surface area contributed by atoms with Crippen molar-refractivity contribution >= 4 is 11.6 Å². The number of hydrogen-bond acceptors (Lipinski definition) is 3. The summed E-state index contributed by atoms with van der Waals surface area (Å²) < 4.78 is 0. The standard InChI is InChI=1S/C14H20N2O2/c1-10-4-5-11(15)8-12(10)13(17)16-7-3-6-14(2,18)9-16/h4-5,8,18H,3,6-7,9,15H2,1-2H3. The quantitative estimate of drug-likeness (QED) is 0.741. The summed E-state index contributed by atoms with van der Waals surface area (Å²) in [4.78, 5) is 14.1. The van der Waals surface area contributed by atoms with E-state index in [1.165, 1.54) is 0 Å². The molecule has 2 rings (SSSR count). The summed E-state index contributed by atoms with van der Waals surface area (Å²) in [5.74, 6) is -0.0419. The van der Waals surface area contributed by atoms with Crippen LogP contribution < -0.4 is 5.73 Å². The van der Waals surface area contributed by atoms with E-state index in [9.17, 15) is 9.90 Å². The molecule has 1 fully saturated rings. The van der Waals surface area contributed by atoms with Gasteiger partial charge in [-0.2, -0.15) is 0 Å². The third-order valence-corrected chi connectivity index (χ3v) is 3.45. The molecule has 1 atom stereocenters. The Morgan fingerprint density at radius 3 is 2.89 bits per heavy atom. The molecule has 0 aliphatic carbocycles. The maximum absolute atomic E-state index is 12.4. The van der Waals surface area contributed by atoms with Gasteiger partial charge < -0.3 is 15.7 Å². The fourth-order valence-electron chi connectivity index (χ4n) is 2.43. The van der Waals surface area contributed by atoms with Crippen LogP contribution in [0.5, 0.6) is 0 Å². The van der Waals surface area contributed by atoms with Gasteiger partial charge in [0, 0.05) is 24.3 Å². The number of nitrogen functional groups attached to an aromatic ring is 1. The van der Waals surface area contributed by atoms with Crippen LogP contribution in [0.3, 0.4) is 0 Å². The molecule has 1 amide bonds. The van der Waals surface area contributed by atoms with Gasteiger partial charge >= 0.3 is 0 Å². The highest BCUT2D eigenvalue weighted by Gasteiger charge is 2.31. The highest BCUT2D eigenvalue weighted by Crippen LogP contribution is 2.23. The molecule has 4 nitrogen and oxygen atoms in total.